The summed E-state index contributed by atoms with van der Waals surface area (Å²) < 4.78 is 49.0. The Hall–Kier alpha value is -3.03. The quantitative estimate of drug-likeness (QED) is 0.675. The first-order chi connectivity index (χ1) is 13.6. The molecule has 0 aromatic heterocycles. The number of hydrogen-bond donors (Lipinski definition) is 0. The molecule has 1 amide bonds. The lowest BCUT2D eigenvalue weighted by atomic mass is 9.92. The van der Waals surface area contributed by atoms with Crippen molar-refractivity contribution in [3.8, 4) is 16.9 Å². The number of nitrogens with zero attached hydrogens (tertiary/aromatic N) is 1. The average molecular weight is 409 g/mol. The number of carbonyl (C=O) groups is 2. The van der Waals surface area contributed by atoms with Gasteiger partial charge in [-0.2, -0.15) is 13.2 Å². The number of amides is 1. The molecule has 0 saturated heterocycles. The Labute approximate surface area is 167 Å². The monoisotopic (exact) mass is 409 g/mol. The highest BCUT2D eigenvalue weighted by atomic mass is 19.4. The number of methoxy groups -OCH3 is 2. The van der Waals surface area contributed by atoms with Gasteiger partial charge in [0.25, 0.3) is 0 Å². The molecule has 5 nitrogen and oxygen atoms in total. The second-order valence-electron chi connectivity index (χ2n) is 6.48. The molecule has 0 bridgehead atoms. The van der Waals surface area contributed by atoms with Crippen molar-refractivity contribution in [2.75, 3.05) is 21.3 Å². The molecule has 8 heteroatoms. The third kappa shape index (κ3) is 5.28. The minimum Gasteiger partial charge on any atom is -0.496 e. The molecule has 156 valence electrons. The van der Waals surface area contributed by atoms with Gasteiger partial charge in [0.15, 0.2) is 0 Å². The zero-order valence-electron chi connectivity index (χ0n) is 16.6. The normalized spacial score (nSPS) is 11.1. The fraction of sp³-hybridized carbons (Fsp3) is 0.333. The van der Waals surface area contributed by atoms with E-state index < -0.39 is 17.7 Å². The highest BCUT2D eigenvalue weighted by Gasteiger charge is 2.30. The van der Waals surface area contributed by atoms with Crippen LogP contribution in [0.1, 0.15) is 23.6 Å². The highest BCUT2D eigenvalue weighted by Crippen LogP contribution is 2.38. The maximum Gasteiger partial charge on any atom is 0.416 e. The number of esters is 1. The van der Waals surface area contributed by atoms with E-state index >= 15 is 0 Å². The second kappa shape index (κ2) is 8.98. The molecule has 0 atom stereocenters. The van der Waals surface area contributed by atoms with Crippen LogP contribution in [0.3, 0.4) is 0 Å². The van der Waals surface area contributed by atoms with Crippen molar-refractivity contribution in [2.24, 2.45) is 0 Å². The van der Waals surface area contributed by atoms with Crippen LogP contribution in [-0.2, 0) is 33.5 Å². The van der Waals surface area contributed by atoms with Crippen molar-refractivity contribution in [1.82, 2.24) is 4.90 Å². The molecule has 0 aliphatic carbocycles. The zero-order chi connectivity index (χ0) is 21.8. The second-order valence-corrected chi connectivity index (χ2v) is 6.48. The first-order valence-electron chi connectivity index (χ1n) is 8.73. The summed E-state index contributed by atoms with van der Waals surface area (Å²) in [5, 5.41) is 0. The first-order valence-corrected chi connectivity index (χ1v) is 8.73. The molecule has 0 radical (unpaired) electrons. The maximum atomic E-state index is 12.9. The van der Waals surface area contributed by atoms with Gasteiger partial charge in [0, 0.05) is 26.1 Å². The lowest BCUT2D eigenvalue weighted by Crippen LogP contribution is -2.24. The Morgan fingerprint density at radius 3 is 2.14 bits per heavy atom. The lowest BCUT2D eigenvalue weighted by molar-refractivity contribution is -0.140. The largest absolute Gasteiger partial charge is 0.496 e. The van der Waals surface area contributed by atoms with Crippen molar-refractivity contribution in [3.05, 3.63) is 53.1 Å². The summed E-state index contributed by atoms with van der Waals surface area (Å²) in [6.07, 6.45) is -4.50. The van der Waals surface area contributed by atoms with Gasteiger partial charge in [0.1, 0.15) is 5.75 Å². The minimum absolute atomic E-state index is 0.0464. The number of halogens is 3. The van der Waals surface area contributed by atoms with Gasteiger partial charge in [-0.05, 0) is 34.9 Å². The van der Waals surface area contributed by atoms with E-state index in [0.29, 0.717) is 28.0 Å². The molecule has 0 N–H and O–H groups in total. The summed E-state index contributed by atoms with van der Waals surface area (Å²) in [5.41, 5.74) is 1.44. The molecule has 0 heterocycles. The molecule has 0 aliphatic rings. The van der Waals surface area contributed by atoms with Crippen LogP contribution in [-0.4, -0.2) is 38.0 Å². The molecule has 0 spiro atoms. The van der Waals surface area contributed by atoms with Gasteiger partial charge in [0.05, 0.1) is 26.2 Å². The molecule has 29 heavy (non-hydrogen) atoms. The fourth-order valence-corrected chi connectivity index (χ4v) is 2.90. The van der Waals surface area contributed by atoms with E-state index in [9.17, 15) is 22.8 Å². The molecular weight excluding hydrogens is 387 g/mol. The van der Waals surface area contributed by atoms with Crippen LogP contribution < -0.4 is 4.74 Å². The highest BCUT2D eigenvalue weighted by molar-refractivity contribution is 5.80. The average Bonchev–Trinajstić information content (AvgIpc) is 2.68. The van der Waals surface area contributed by atoms with Crippen molar-refractivity contribution in [2.45, 2.75) is 26.1 Å². The van der Waals surface area contributed by atoms with Gasteiger partial charge < -0.3 is 14.4 Å². The summed E-state index contributed by atoms with van der Waals surface area (Å²) in [7, 11) is 4.31. The van der Waals surface area contributed by atoms with Crippen LogP contribution in [0, 0.1) is 0 Å². The van der Waals surface area contributed by atoms with E-state index in [1.807, 2.05) is 0 Å². The van der Waals surface area contributed by atoms with E-state index in [2.05, 4.69) is 0 Å². The minimum atomic E-state index is -4.45. The van der Waals surface area contributed by atoms with E-state index in [1.165, 1.54) is 38.2 Å². The number of hydrogen-bond acceptors (Lipinski definition) is 4. The van der Waals surface area contributed by atoms with Crippen molar-refractivity contribution in [3.63, 3.8) is 0 Å². The van der Waals surface area contributed by atoms with Crippen LogP contribution in [0.15, 0.2) is 36.4 Å². The lowest BCUT2D eigenvalue weighted by Gasteiger charge is -2.23. The van der Waals surface area contributed by atoms with E-state index in [0.717, 1.165) is 12.1 Å². The summed E-state index contributed by atoms with van der Waals surface area (Å²) in [4.78, 5) is 25.1. The summed E-state index contributed by atoms with van der Waals surface area (Å²) >= 11 is 0. The van der Waals surface area contributed by atoms with Crippen LogP contribution in [0.5, 0.6) is 5.75 Å². The van der Waals surface area contributed by atoms with Gasteiger partial charge in [-0.1, -0.05) is 18.2 Å². The molecule has 2 aromatic rings. The standard InChI is InChI=1S/C21H22F3NO4/c1-13(26)25(2)12-17-15(11-19(27)29-4)7-10-18(28-3)20(17)14-5-8-16(9-6-14)21(22,23)24/h5-10H,11-12H2,1-4H3. The van der Waals surface area contributed by atoms with E-state index in [1.54, 1.807) is 19.2 Å². The van der Waals surface area contributed by atoms with Crippen molar-refractivity contribution in [1.29, 1.82) is 0 Å². The first kappa shape index (κ1) is 22.3. The number of carbonyl (C=O) groups excluding carboxylic acids is 2. The van der Waals surface area contributed by atoms with Gasteiger partial charge in [-0.15, -0.1) is 0 Å². The number of alkyl halides is 3. The van der Waals surface area contributed by atoms with Crippen molar-refractivity contribution < 1.29 is 32.2 Å². The van der Waals surface area contributed by atoms with Gasteiger partial charge >= 0.3 is 12.1 Å². The van der Waals surface area contributed by atoms with Crippen LogP contribution in [0.25, 0.3) is 11.1 Å². The summed E-state index contributed by atoms with van der Waals surface area (Å²) in [6, 6.07) is 8.00. The Morgan fingerprint density at radius 2 is 1.66 bits per heavy atom. The molecule has 0 aliphatic heterocycles. The predicted molar refractivity (Wildman–Crippen MR) is 101 cm³/mol. The van der Waals surface area contributed by atoms with Crippen LogP contribution in [0.4, 0.5) is 13.2 Å². The Balaban J connectivity index is 2.67. The molecular formula is C21H22F3NO4. The summed E-state index contributed by atoms with van der Waals surface area (Å²) in [5.74, 6) is -0.249. The molecule has 0 fully saturated rings. The fourth-order valence-electron chi connectivity index (χ4n) is 2.90. The van der Waals surface area contributed by atoms with Crippen LogP contribution in [0.2, 0.25) is 0 Å². The number of ether oxygens (including phenoxy) is 2. The van der Waals surface area contributed by atoms with Gasteiger partial charge in [0.2, 0.25) is 5.91 Å². The third-order valence-corrected chi connectivity index (χ3v) is 4.59. The third-order valence-electron chi connectivity index (χ3n) is 4.59. The SMILES string of the molecule is COC(=O)Cc1ccc(OC)c(-c2ccc(C(F)(F)F)cc2)c1CN(C)C(C)=O. The van der Waals surface area contributed by atoms with Gasteiger partial charge in [-0.3, -0.25) is 9.59 Å². The molecule has 2 aromatic carbocycles. The molecule has 0 saturated carbocycles. The van der Waals surface area contributed by atoms with Crippen molar-refractivity contribution >= 4 is 11.9 Å². The number of rotatable bonds is 6. The van der Waals surface area contributed by atoms with Gasteiger partial charge in [-0.25, -0.2) is 0 Å². The van der Waals surface area contributed by atoms with Crippen LogP contribution >= 0.6 is 0 Å². The summed E-state index contributed by atoms with van der Waals surface area (Å²) in [6.45, 7) is 1.55. The smallest absolute Gasteiger partial charge is 0.416 e. The molecule has 2 rings (SSSR count). The van der Waals surface area contributed by atoms with E-state index in [-0.39, 0.29) is 18.9 Å². The zero-order valence-corrected chi connectivity index (χ0v) is 16.6. The predicted octanol–water partition coefficient (Wildman–Crippen LogP) is 4.07. The topological polar surface area (TPSA) is 55.8 Å². The maximum absolute atomic E-state index is 12.9. The Bertz CT molecular complexity index is 892. The Kier molecular flexibility index (Phi) is 6.89. The molecule has 0 unspecified atom stereocenters. The van der Waals surface area contributed by atoms with E-state index in [4.69, 9.17) is 9.47 Å². The number of benzene rings is 2. The Morgan fingerprint density at radius 1 is 1.03 bits per heavy atom.